The molecular formula is C9H12N2O2. The smallest absolute Gasteiger partial charge is 0.167 e. The third-order valence-corrected chi connectivity index (χ3v) is 1.72. The standard InChI is InChI=1S/C9H12N2O2/c10-11-8-4-2-1-3-7(8)9(13)5-6-12/h1-4,11-12H,5-6,10H2. The highest BCUT2D eigenvalue weighted by Crippen LogP contribution is 2.15. The van der Waals surface area contributed by atoms with Gasteiger partial charge >= 0.3 is 0 Å². The summed E-state index contributed by atoms with van der Waals surface area (Å²) >= 11 is 0. The second kappa shape index (κ2) is 4.59. The van der Waals surface area contributed by atoms with Crippen molar-refractivity contribution in [3.05, 3.63) is 29.8 Å². The van der Waals surface area contributed by atoms with Crippen molar-refractivity contribution in [2.45, 2.75) is 6.42 Å². The average molecular weight is 180 g/mol. The lowest BCUT2D eigenvalue weighted by Crippen LogP contribution is -2.12. The highest BCUT2D eigenvalue weighted by Gasteiger charge is 2.08. The van der Waals surface area contributed by atoms with Crippen LogP contribution in [-0.4, -0.2) is 17.5 Å². The van der Waals surface area contributed by atoms with Crippen LogP contribution in [0.1, 0.15) is 16.8 Å². The molecule has 1 aromatic rings. The number of carbonyl (C=O) groups excluding carboxylic acids is 1. The second-order valence-corrected chi connectivity index (χ2v) is 2.59. The van der Waals surface area contributed by atoms with Crippen LogP contribution in [0.25, 0.3) is 0 Å². The number of nitrogens with two attached hydrogens (primary N) is 1. The zero-order valence-electron chi connectivity index (χ0n) is 7.16. The highest BCUT2D eigenvalue weighted by atomic mass is 16.3. The first-order valence-electron chi connectivity index (χ1n) is 3.99. The van der Waals surface area contributed by atoms with E-state index in [-0.39, 0.29) is 18.8 Å². The van der Waals surface area contributed by atoms with E-state index >= 15 is 0 Å². The number of aliphatic hydroxyl groups is 1. The molecule has 0 atom stereocenters. The molecule has 4 nitrogen and oxygen atoms in total. The Balaban J connectivity index is 2.92. The number of aliphatic hydroxyl groups excluding tert-OH is 1. The molecule has 0 saturated carbocycles. The molecule has 1 aromatic carbocycles. The van der Waals surface area contributed by atoms with Crippen molar-refractivity contribution >= 4 is 11.5 Å². The fraction of sp³-hybridized carbons (Fsp3) is 0.222. The maximum atomic E-state index is 11.4. The Bertz CT molecular complexity index is 299. The van der Waals surface area contributed by atoms with Gasteiger partial charge in [0.2, 0.25) is 0 Å². The minimum absolute atomic E-state index is 0.115. The summed E-state index contributed by atoms with van der Waals surface area (Å²) in [5.74, 6) is 5.11. The van der Waals surface area contributed by atoms with E-state index in [4.69, 9.17) is 10.9 Å². The molecule has 70 valence electrons. The number of hydrogen-bond acceptors (Lipinski definition) is 4. The molecule has 0 bridgehead atoms. The molecule has 13 heavy (non-hydrogen) atoms. The summed E-state index contributed by atoms with van der Waals surface area (Å²) in [5, 5.41) is 8.59. The summed E-state index contributed by atoms with van der Waals surface area (Å²) in [6.07, 6.45) is 0.124. The van der Waals surface area contributed by atoms with Crippen LogP contribution >= 0.6 is 0 Å². The van der Waals surface area contributed by atoms with Crippen LogP contribution in [0.3, 0.4) is 0 Å². The molecule has 4 N–H and O–H groups in total. The zero-order valence-corrected chi connectivity index (χ0v) is 7.16. The van der Waals surface area contributed by atoms with Crippen molar-refractivity contribution in [1.29, 1.82) is 0 Å². The van der Waals surface area contributed by atoms with E-state index in [2.05, 4.69) is 5.43 Å². The molecule has 0 aliphatic heterocycles. The first-order valence-corrected chi connectivity index (χ1v) is 3.99. The molecule has 0 saturated heterocycles. The first kappa shape index (κ1) is 9.70. The zero-order chi connectivity index (χ0) is 9.68. The van der Waals surface area contributed by atoms with E-state index in [9.17, 15) is 4.79 Å². The molecule has 1 rings (SSSR count). The van der Waals surface area contributed by atoms with Gasteiger partial charge < -0.3 is 10.5 Å². The Morgan fingerprint density at radius 1 is 1.46 bits per heavy atom. The van der Waals surface area contributed by atoms with Gasteiger partial charge in [-0.3, -0.25) is 10.6 Å². The lowest BCUT2D eigenvalue weighted by atomic mass is 10.1. The van der Waals surface area contributed by atoms with E-state index in [0.717, 1.165) is 0 Å². The molecule has 0 aromatic heterocycles. The van der Waals surface area contributed by atoms with Gasteiger partial charge in [-0.1, -0.05) is 12.1 Å². The molecular weight excluding hydrogens is 168 g/mol. The van der Waals surface area contributed by atoms with Gasteiger partial charge in [-0.15, -0.1) is 0 Å². The SMILES string of the molecule is NNc1ccccc1C(=O)CCO. The first-order chi connectivity index (χ1) is 6.29. The number of nitrogen functional groups attached to an aromatic ring is 1. The van der Waals surface area contributed by atoms with Crippen molar-refractivity contribution in [1.82, 2.24) is 0 Å². The lowest BCUT2D eigenvalue weighted by molar-refractivity contribution is 0.0957. The number of ketones is 1. The largest absolute Gasteiger partial charge is 0.396 e. The van der Waals surface area contributed by atoms with Gasteiger partial charge in [-0.2, -0.15) is 0 Å². The summed E-state index contributed by atoms with van der Waals surface area (Å²) < 4.78 is 0. The van der Waals surface area contributed by atoms with Crippen LogP contribution < -0.4 is 11.3 Å². The summed E-state index contributed by atoms with van der Waals surface area (Å²) in [7, 11) is 0. The maximum Gasteiger partial charge on any atom is 0.167 e. The number of carbonyl (C=O) groups is 1. The van der Waals surface area contributed by atoms with E-state index in [1.54, 1.807) is 24.3 Å². The molecule has 0 aliphatic carbocycles. The topological polar surface area (TPSA) is 75.3 Å². The van der Waals surface area contributed by atoms with Crippen molar-refractivity contribution in [2.24, 2.45) is 5.84 Å². The number of anilines is 1. The molecule has 0 unspecified atom stereocenters. The number of hydrazine groups is 1. The second-order valence-electron chi connectivity index (χ2n) is 2.59. The number of benzene rings is 1. The highest BCUT2D eigenvalue weighted by molar-refractivity contribution is 6.01. The third-order valence-electron chi connectivity index (χ3n) is 1.72. The van der Waals surface area contributed by atoms with Crippen molar-refractivity contribution in [2.75, 3.05) is 12.0 Å². The Kier molecular flexibility index (Phi) is 3.42. The summed E-state index contributed by atoms with van der Waals surface area (Å²) in [6, 6.07) is 6.92. The Labute approximate surface area is 76.3 Å². The lowest BCUT2D eigenvalue weighted by Gasteiger charge is -2.05. The molecule has 0 fully saturated rings. The predicted octanol–water partition coefficient (Wildman–Crippen LogP) is 0.537. The fourth-order valence-electron chi connectivity index (χ4n) is 1.09. The monoisotopic (exact) mass is 180 g/mol. The van der Waals surface area contributed by atoms with Crippen molar-refractivity contribution in [3.8, 4) is 0 Å². The maximum absolute atomic E-state index is 11.4. The quantitative estimate of drug-likeness (QED) is 0.359. The number of para-hydroxylation sites is 1. The summed E-state index contributed by atoms with van der Waals surface area (Å²) in [6.45, 7) is -0.141. The van der Waals surface area contributed by atoms with E-state index in [0.29, 0.717) is 11.3 Å². The summed E-state index contributed by atoms with van der Waals surface area (Å²) in [4.78, 5) is 11.4. The third kappa shape index (κ3) is 2.27. The molecule has 4 heteroatoms. The van der Waals surface area contributed by atoms with Crippen LogP contribution in [0, 0.1) is 0 Å². The molecule has 0 amide bonds. The number of rotatable bonds is 4. The minimum Gasteiger partial charge on any atom is -0.396 e. The van der Waals surface area contributed by atoms with Crippen LogP contribution in [0.2, 0.25) is 0 Å². The van der Waals surface area contributed by atoms with Crippen LogP contribution in [0.5, 0.6) is 0 Å². The Morgan fingerprint density at radius 2 is 2.15 bits per heavy atom. The van der Waals surface area contributed by atoms with Crippen LogP contribution in [0.4, 0.5) is 5.69 Å². The molecule has 0 spiro atoms. The minimum atomic E-state index is -0.141. The molecule has 0 aliphatic rings. The number of Topliss-reactive ketones (excluding diaryl/α,β-unsaturated/α-hetero) is 1. The average Bonchev–Trinajstić information content (AvgIpc) is 2.18. The van der Waals surface area contributed by atoms with Crippen LogP contribution in [0.15, 0.2) is 24.3 Å². The van der Waals surface area contributed by atoms with Crippen LogP contribution in [-0.2, 0) is 0 Å². The van der Waals surface area contributed by atoms with Gasteiger partial charge in [-0.25, -0.2) is 0 Å². The number of hydrogen-bond donors (Lipinski definition) is 3. The van der Waals surface area contributed by atoms with Gasteiger partial charge in [0.15, 0.2) is 5.78 Å². The fourth-order valence-corrected chi connectivity index (χ4v) is 1.09. The molecule has 0 heterocycles. The Morgan fingerprint density at radius 3 is 2.77 bits per heavy atom. The summed E-state index contributed by atoms with van der Waals surface area (Å²) in [5.41, 5.74) is 3.53. The van der Waals surface area contributed by atoms with Gasteiger partial charge in [-0.05, 0) is 12.1 Å². The predicted molar refractivity (Wildman–Crippen MR) is 50.3 cm³/mol. The molecule has 0 radical (unpaired) electrons. The van der Waals surface area contributed by atoms with E-state index in [1.807, 2.05) is 0 Å². The van der Waals surface area contributed by atoms with Gasteiger partial charge in [0.1, 0.15) is 0 Å². The van der Waals surface area contributed by atoms with Gasteiger partial charge in [0.25, 0.3) is 0 Å². The van der Waals surface area contributed by atoms with E-state index in [1.165, 1.54) is 0 Å². The van der Waals surface area contributed by atoms with Gasteiger partial charge in [0, 0.05) is 12.0 Å². The van der Waals surface area contributed by atoms with Crippen molar-refractivity contribution < 1.29 is 9.90 Å². The van der Waals surface area contributed by atoms with Gasteiger partial charge in [0.05, 0.1) is 12.3 Å². The number of nitrogens with one attached hydrogen (secondary N) is 1. The van der Waals surface area contributed by atoms with Crippen molar-refractivity contribution in [3.63, 3.8) is 0 Å². The normalized spacial score (nSPS) is 9.69. The Hall–Kier alpha value is -1.39. The van der Waals surface area contributed by atoms with E-state index < -0.39 is 0 Å².